The van der Waals surface area contributed by atoms with Gasteiger partial charge >= 0.3 is 11.9 Å². The Kier molecular flexibility index (Phi) is 78.0. The van der Waals surface area contributed by atoms with Crippen LogP contribution in [-0.2, 0) is 32.7 Å². The SMILES string of the molecule is CC/C=C\C/C=C\C/C=C\C/C=C\C/C=C\C/C=C\CCCCCCCCCCCCCCCCCCCCCCCCC(=O)OC(COC(=O)CCCCCCCCCCCCCCCCCCCCCCCCC/C=C\CCCCCCCCCC)COP(=O)([O-])OCC[N+](C)(C)C. The lowest BCUT2D eigenvalue weighted by molar-refractivity contribution is -0.870. The molecule has 0 aromatic carbocycles. The molecule has 0 spiro atoms. The number of likely N-dealkylation sites (N-methyl/N-ethyl adjacent to an activating group) is 1. The van der Waals surface area contributed by atoms with Crippen LogP contribution in [0.15, 0.2) is 85.1 Å². The summed E-state index contributed by atoms with van der Waals surface area (Å²) < 4.78 is 34.5. The number of esters is 2. The van der Waals surface area contributed by atoms with Crippen molar-refractivity contribution in [2.75, 3.05) is 47.5 Å². The van der Waals surface area contributed by atoms with Crippen molar-refractivity contribution in [3.05, 3.63) is 85.1 Å². The van der Waals surface area contributed by atoms with Crippen LogP contribution in [0.2, 0.25) is 0 Å². The summed E-state index contributed by atoms with van der Waals surface area (Å²) in [4.78, 5) is 38.2. The Labute approximate surface area is 621 Å². The molecule has 0 rings (SSSR count). The highest BCUT2D eigenvalue weighted by atomic mass is 31.2. The summed E-state index contributed by atoms with van der Waals surface area (Å²) in [6.45, 7) is 4.20. The van der Waals surface area contributed by atoms with Gasteiger partial charge in [-0.15, -0.1) is 0 Å². The predicted molar refractivity (Wildman–Crippen MR) is 434 cm³/mol. The van der Waals surface area contributed by atoms with Crippen molar-refractivity contribution < 1.29 is 42.1 Å². The molecule has 0 radical (unpaired) electrons. The first-order valence-electron chi connectivity index (χ1n) is 43.3. The van der Waals surface area contributed by atoms with Crippen LogP contribution < -0.4 is 4.89 Å². The fraction of sp³-hybridized carbons (Fsp3) is 0.822. The van der Waals surface area contributed by atoms with Gasteiger partial charge in [0.1, 0.15) is 19.8 Å². The minimum atomic E-state index is -4.65. The summed E-state index contributed by atoms with van der Waals surface area (Å²) in [6, 6.07) is 0. The molecule has 2 unspecified atom stereocenters. The first kappa shape index (κ1) is 97.2. The molecule has 0 amide bonds. The van der Waals surface area contributed by atoms with Crippen molar-refractivity contribution in [2.45, 2.75) is 431 Å². The van der Waals surface area contributed by atoms with Crippen molar-refractivity contribution in [2.24, 2.45) is 0 Å². The number of ether oxygens (including phenoxy) is 2. The number of nitrogens with zero attached hydrogens (tertiary/aromatic N) is 1. The first-order chi connectivity index (χ1) is 49.0. The van der Waals surface area contributed by atoms with Crippen molar-refractivity contribution in [1.29, 1.82) is 0 Å². The second-order valence-electron chi connectivity index (χ2n) is 30.5. The lowest BCUT2D eigenvalue weighted by atomic mass is 10.0. The molecule has 0 aromatic heterocycles. The maximum absolute atomic E-state index is 12.9. The van der Waals surface area contributed by atoms with Crippen LogP contribution in [0.1, 0.15) is 425 Å². The third kappa shape index (κ3) is 84.1. The molecular weight excluding hydrogens is 1250 g/mol. The van der Waals surface area contributed by atoms with Crippen molar-refractivity contribution in [3.63, 3.8) is 0 Å². The van der Waals surface area contributed by atoms with E-state index in [0.29, 0.717) is 17.4 Å². The highest BCUT2D eigenvalue weighted by molar-refractivity contribution is 7.45. The Morgan fingerprint density at radius 3 is 0.860 bits per heavy atom. The summed E-state index contributed by atoms with van der Waals surface area (Å²) in [7, 11) is 1.19. The Bertz CT molecular complexity index is 1970. The van der Waals surface area contributed by atoms with E-state index in [0.717, 1.165) is 70.6 Å². The number of quaternary nitrogens is 1. The van der Waals surface area contributed by atoms with Crippen molar-refractivity contribution >= 4 is 19.8 Å². The third-order valence-corrected chi connectivity index (χ3v) is 20.4. The smallest absolute Gasteiger partial charge is 0.306 e. The van der Waals surface area contributed by atoms with E-state index in [2.05, 4.69) is 98.9 Å². The van der Waals surface area contributed by atoms with Gasteiger partial charge in [0.2, 0.25) is 0 Å². The van der Waals surface area contributed by atoms with Crippen LogP contribution in [0.3, 0.4) is 0 Å². The number of carbonyl (C=O) groups is 2. The molecule has 0 aliphatic carbocycles. The maximum Gasteiger partial charge on any atom is 0.306 e. The zero-order chi connectivity index (χ0) is 72.5. The van der Waals surface area contributed by atoms with E-state index in [1.54, 1.807) is 0 Å². The largest absolute Gasteiger partial charge is 0.756 e. The van der Waals surface area contributed by atoms with Gasteiger partial charge in [-0.25, -0.2) is 0 Å². The third-order valence-electron chi connectivity index (χ3n) is 19.4. The van der Waals surface area contributed by atoms with Gasteiger partial charge in [-0.3, -0.25) is 14.2 Å². The summed E-state index contributed by atoms with van der Waals surface area (Å²) in [5, 5.41) is 0. The summed E-state index contributed by atoms with van der Waals surface area (Å²) in [5.41, 5.74) is 0. The molecule has 10 heteroatoms. The molecule has 100 heavy (non-hydrogen) atoms. The standard InChI is InChI=1S/C90H166NO8P/c1-6-8-10-12-14-16-18-20-22-24-26-28-30-32-34-36-38-40-42-43-44-45-46-47-49-51-53-55-57-59-61-63-65-67-69-71-73-75-77-79-81-83-90(93)99-88(87-98-100(94,95)97-85-84-91(3,4)5)86-96-89(92)82-80-78-76-74-72-70-68-66-64-62-60-58-56-54-52-50-48-41-39-37-35-33-31-29-27-25-23-21-19-17-15-13-11-9-7-2/h8,10,14,16,20,22,25-28,32,34,38,40,88H,6-7,9,11-13,15,17-19,21,23-24,29-31,33,35-37,39,41-87H2,1-5H3/b10-8-,16-14-,22-20-,27-25-,28-26-,34-32-,40-38-. The quantitative estimate of drug-likeness (QED) is 0.0195. The maximum atomic E-state index is 12.9. The van der Waals surface area contributed by atoms with E-state index in [4.69, 9.17) is 18.5 Å². The van der Waals surface area contributed by atoms with Gasteiger partial charge in [-0.1, -0.05) is 407 Å². The minimum Gasteiger partial charge on any atom is -0.756 e. The zero-order valence-corrected chi connectivity index (χ0v) is 67.8. The van der Waals surface area contributed by atoms with Gasteiger partial charge in [0, 0.05) is 12.8 Å². The fourth-order valence-electron chi connectivity index (χ4n) is 12.8. The number of carbonyl (C=O) groups excluding carboxylic acids is 2. The van der Waals surface area contributed by atoms with Crippen LogP contribution in [-0.4, -0.2) is 70.0 Å². The monoisotopic (exact) mass is 1420 g/mol. The van der Waals surface area contributed by atoms with Gasteiger partial charge in [0.15, 0.2) is 6.10 Å². The highest BCUT2D eigenvalue weighted by Gasteiger charge is 2.22. The minimum absolute atomic E-state index is 0.0291. The van der Waals surface area contributed by atoms with Gasteiger partial charge in [-0.05, 0) is 89.9 Å². The Hall–Kier alpha value is -2.81. The van der Waals surface area contributed by atoms with E-state index in [1.807, 2.05) is 21.1 Å². The van der Waals surface area contributed by atoms with Crippen LogP contribution in [0.5, 0.6) is 0 Å². The van der Waals surface area contributed by atoms with E-state index >= 15 is 0 Å². The number of unbranched alkanes of at least 4 members (excludes halogenated alkanes) is 53. The number of allylic oxidation sites excluding steroid dienone is 14. The van der Waals surface area contributed by atoms with Gasteiger partial charge in [-0.2, -0.15) is 0 Å². The Morgan fingerprint density at radius 1 is 0.320 bits per heavy atom. The van der Waals surface area contributed by atoms with E-state index < -0.39 is 26.5 Å². The fourth-order valence-corrected chi connectivity index (χ4v) is 13.6. The summed E-state index contributed by atoms with van der Waals surface area (Å²) >= 11 is 0. The average Bonchev–Trinajstić information content (AvgIpc) is 1.30. The number of hydrogen-bond donors (Lipinski definition) is 0. The molecule has 0 fully saturated rings. The normalized spacial score (nSPS) is 13.4. The Morgan fingerprint density at radius 2 is 0.570 bits per heavy atom. The van der Waals surface area contributed by atoms with Crippen molar-refractivity contribution in [3.8, 4) is 0 Å². The van der Waals surface area contributed by atoms with Crippen LogP contribution in [0.4, 0.5) is 0 Å². The molecule has 0 aliphatic rings. The molecule has 0 aliphatic heterocycles. The number of hydrogen-bond acceptors (Lipinski definition) is 8. The molecule has 2 atom stereocenters. The van der Waals surface area contributed by atoms with E-state index in [-0.39, 0.29) is 32.0 Å². The molecule has 584 valence electrons. The zero-order valence-electron chi connectivity index (χ0n) is 66.9. The number of phosphoric acid groups is 1. The molecule has 0 saturated heterocycles. The molecule has 0 heterocycles. The average molecular weight is 1420 g/mol. The molecule has 0 bridgehead atoms. The number of rotatable bonds is 81. The second-order valence-corrected chi connectivity index (χ2v) is 31.9. The van der Waals surface area contributed by atoms with Gasteiger partial charge in [0.25, 0.3) is 7.82 Å². The molecule has 0 N–H and O–H groups in total. The lowest BCUT2D eigenvalue weighted by Crippen LogP contribution is -2.37. The van der Waals surface area contributed by atoms with Crippen LogP contribution >= 0.6 is 7.82 Å². The van der Waals surface area contributed by atoms with Crippen molar-refractivity contribution in [1.82, 2.24) is 0 Å². The lowest BCUT2D eigenvalue weighted by Gasteiger charge is -2.28. The molecule has 9 nitrogen and oxygen atoms in total. The van der Waals surface area contributed by atoms with Gasteiger partial charge < -0.3 is 27.9 Å². The number of phosphoric ester groups is 1. The summed E-state index contributed by atoms with van der Waals surface area (Å²) in [6.07, 6.45) is 112. The highest BCUT2D eigenvalue weighted by Crippen LogP contribution is 2.38. The Balaban J connectivity index is 3.88. The molecule has 0 saturated carbocycles. The van der Waals surface area contributed by atoms with Gasteiger partial charge in [0.05, 0.1) is 27.7 Å². The van der Waals surface area contributed by atoms with E-state index in [1.165, 1.54) is 321 Å². The second kappa shape index (κ2) is 80.3. The van der Waals surface area contributed by atoms with Crippen LogP contribution in [0, 0.1) is 0 Å². The van der Waals surface area contributed by atoms with E-state index in [9.17, 15) is 19.0 Å². The molecular formula is C90H166NO8P. The first-order valence-corrected chi connectivity index (χ1v) is 44.8. The topological polar surface area (TPSA) is 111 Å². The van der Waals surface area contributed by atoms with Crippen LogP contribution in [0.25, 0.3) is 0 Å². The summed E-state index contributed by atoms with van der Waals surface area (Å²) in [5.74, 6) is -0.810. The molecule has 0 aromatic rings. The predicted octanol–water partition coefficient (Wildman–Crippen LogP) is 28.5.